The Hall–Kier alpha value is -2.36. The average molecular weight is 227 g/mol. The van der Waals surface area contributed by atoms with Gasteiger partial charge in [0.15, 0.2) is 5.84 Å². The second-order valence-electron chi connectivity index (χ2n) is 3.51. The van der Waals surface area contributed by atoms with Gasteiger partial charge in [0.1, 0.15) is 0 Å². The maximum Gasteiger partial charge on any atom is 0.229 e. The van der Waals surface area contributed by atoms with Gasteiger partial charge >= 0.3 is 0 Å². The molecule has 1 amide bonds. The van der Waals surface area contributed by atoms with Crippen LogP contribution >= 0.6 is 0 Å². The van der Waals surface area contributed by atoms with Crippen LogP contribution in [0.1, 0.15) is 6.92 Å². The topological polar surface area (TPSA) is 44.7 Å². The van der Waals surface area contributed by atoms with Crippen LogP contribution in [0, 0.1) is 0 Å². The summed E-state index contributed by atoms with van der Waals surface area (Å²) in [5, 5.41) is 4.12. The summed E-state index contributed by atoms with van der Waals surface area (Å²) >= 11 is 0. The number of para-hydroxylation sites is 1. The third-order valence-corrected chi connectivity index (χ3v) is 2.26. The van der Waals surface area contributed by atoms with Gasteiger partial charge in [0.25, 0.3) is 0 Å². The van der Waals surface area contributed by atoms with Crippen molar-refractivity contribution in [3.8, 4) is 0 Å². The van der Waals surface area contributed by atoms with Crippen molar-refractivity contribution >= 4 is 17.4 Å². The summed E-state index contributed by atoms with van der Waals surface area (Å²) in [6.45, 7) is 1.52. The zero-order valence-electron chi connectivity index (χ0n) is 9.50. The molecule has 1 aromatic rings. The number of hydrazone groups is 1. The maximum atomic E-state index is 11.7. The monoisotopic (exact) mass is 227 g/mol. The lowest BCUT2D eigenvalue weighted by atomic mass is 10.2. The normalized spacial score (nSPS) is 13.6. The molecule has 0 unspecified atom stereocenters. The smallest absolute Gasteiger partial charge is 0.229 e. The maximum absolute atomic E-state index is 11.7. The van der Waals surface area contributed by atoms with Crippen LogP contribution in [0.15, 0.2) is 59.9 Å². The first kappa shape index (κ1) is 11.1. The Balaban J connectivity index is 2.37. The third-order valence-electron chi connectivity index (χ3n) is 2.26. The molecule has 0 aliphatic carbocycles. The minimum absolute atomic E-state index is 0.0803. The summed E-state index contributed by atoms with van der Waals surface area (Å²) in [6, 6.07) is 9.42. The molecule has 1 aliphatic rings. The summed E-state index contributed by atoms with van der Waals surface area (Å²) in [4.78, 5) is 13.3. The van der Waals surface area contributed by atoms with Gasteiger partial charge in [0, 0.05) is 13.1 Å². The number of nitrogens with zero attached hydrogens (tertiary/aromatic N) is 2. The van der Waals surface area contributed by atoms with E-state index in [2.05, 4.69) is 10.5 Å². The quantitative estimate of drug-likeness (QED) is 0.797. The zero-order valence-corrected chi connectivity index (χ0v) is 9.50. The Kier molecular flexibility index (Phi) is 3.35. The molecule has 2 rings (SSSR count). The number of benzene rings is 1. The van der Waals surface area contributed by atoms with Crippen LogP contribution in [0.2, 0.25) is 0 Å². The lowest BCUT2D eigenvalue weighted by molar-refractivity contribution is -0.115. The first-order chi connectivity index (χ1) is 8.29. The van der Waals surface area contributed by atoms with Crippen molar-refractivity contribution in [2.45, 2.75) is 6.92 Å². The fourth-order valence-electron chi connectivity index (χ4n) is 1.56. The molecule has 0 bridgehead atoms. The first-order valence-electron chi connectivity index (χ1n) is 5.31. The van der Waals surface area contributed by atoms with E-state index in [0.717, 1.165) is 5.69 Å². The molecule has 0 saturated heterocycles. The molecule has 0 fully saturated rings. The zero-order chi connectivity index (χ0) is 12.1. The Morgan fingerprint density at radius 3 is 2.71 bits per heavy atom. The number of carbonyl (C=O) groups is 1. The highest BCUT2D eigenvalue weighted by Gasteiger charge is 2.16. The van der Waals surface area contributed by atoms with Crippen molar-refractivity contribution in [1.29, 1.82) is 0 Å². The highest BCUT2D eigenvalue weighted by molar-refractivity contribution is 6.20. The fraction of sp³-hybridized carbons (Fsp3) is 0.0769. The highest BCUT2D eigenvalue weighted by Crippen LogP contribution is 2.15. The standard InChI is InChI=1S/C13H13N3O/c1-11(17)16(12-7-3-2-4-8-12)13-9-5-6-10-14-15-13/h2-10,14H,1H3. The molecule has 17 heavy (non-hydrogen) atoms. The molecular weight excluding hydrogens is 214 g/mol. The van der Waals surface area contributed by atoms with Crippen molar-refractivity contribution in [2.75, 3.05) is 4.90 Å². The number of anilines is 1. The van der Waals surface area contributed by atoms with Crippen molar-refractivity contribution in [3.05, 3.63) is 54.8 Å². The molecule has 4 heteroatoms. The van der Waals surface area contributed by atoms with E-state index in [-0.39, 0.29) is 5.91 Å². The SMILES string of the molecule is CC(=O)N(C1=NNC=CC=C1)c1ccccc1. The van der Waals surface area contributed by atoms with Gasteiger partial charge in [-0.05, 0) is 24.3 Å². The van der Waals surface area contributed by atoms with E-state index >= 15 is 0 Å². The largest absolute Gasteiger partial charge is 0.284 e. The van der Waals surface area contributed by atoms with E-state index in [1.165, 1.54) is 6.92 Å². The van der Waals surface area contributed by atoms with Gasteiger partial charge in [-0.25, -0.2) is 0 Å². The summed E-state index contributed by atoms with van der Waals surface area (Å²) in [6.07, 6.45) is 7.13. The van der Waals surface area contributed by atoms with Crippen molar-refractivity contribution in [3.63, 3.8) is 0 Å². The number of rotatable bonds is 1. The molecule has 1 aromatic carbocycles. The van der Waals surface area contributed by atoms with E-state index in [0.29, 0.717) is 5.84 Å². The molecule has 1 aliphatic heterocycles. The molecule has 4 nitrogen and oxygen atoms in total. The van der Waals surface area contributed by atoms with Gasteiger partial charge in [-0.1, -0.05) is 24.3 Å². The molecular formula is C13H13N3O. The van der Waals surface area contributed by atoms with Crippen LogP contribution in [-0.4, -0.2) is 11.7 Å². The van der Waals surface area contributed by atoms with Gasteiger partial charge in [0.05, 0.1) is 5.69 Å². The van der Waals surface area contributed by atoms with Crippen LogP contribution in [0.4, 0.5) is 5.69 Å². The third kappa shape index (κ3) is 2.60. The molecule has 0 radical (unpaired) electrons. The van der Waals surface area contributed by atoms with Crippen LogP contribution in [0.3, 0.4) is 0 Å². The average Bonchev–Trinajstić information content (AvgIpc) is 2.59. The van der Waals surface area contributed by atoms with Crippen LogP contribution in [0.25, 0.3) is 0 Å². The number of carbonyl (C=O) groups excluding carboxylic acids is 1. The summed E-state index contributed by atoms with van der Waals surface area (Å²) < 4.78 is 0. The van der Waals surface area contributed by atoms with Gasteiger partial charge in [-0.3, -0.25) is 15.1 Å². The number of hydrogen-bond donors (Lipinski definition) is 1. The molecule has 86 valence electrons. The number of nitrogens with one attached hydrogen (secondary N) is 1. The Morgan fingerprint density at radius 1 is 1.24 bits per heavy atom. The summed E-state index contributed by atoms with van der Waals surface area (Å²) in [5.74, 6) is 0.483. The van der Waals surface area contributed by atoms with Gasteiger partial charge in [-0.15, -0.1) is 0 Å². The molecule has 0 aromatic heterocycles. The Bertz CT molecular complexity index is 489. The number of allylic oxidation sites excluding steroid dienone is 2. The van der Waals surface area contributed by atoms with E-state index < -0.39 is 0 Å². The molecule has 0 spiro atoms. The van der Waals surface area contributed by atoms with E-state index in [1.54, 1.807) is 17.2 Å². The first-order valence-corrected chi connectivity index (χ1v) is 5.31. The van der Waals surface area contributed by atoms with E-state index in [9.17, 15) is 4.79 Å². The molecule has 1 N–H and O–H groups in total. The summed E-state index contributed by atoms with van der Waals surface area (Å²) in [5.41, 5.74) is 3.55. The minimum Gasteiger partial charge on any atom is -0.284 e. The molecule has 0 saturated carbocycles. The Morgan fingerprint density at radius 2 is 2.00 bits per heavy atom. The minimum atomic E-state index is -0.0803. The fourth-order valence-corrected chi connectivity index (χ4v) is 1.56. The number of hydrogen-bond acceptors (Lipinski definition) is 3. The predicted octanol–water partition coefficient (Wildman–Crippen LogP) is 2.03. The van der Waals surface area contributed by atoms with Crippen molar-refractivity contribution in [2.24, 2.45) is 5.10 Å². The van der Waals surface area contributed by atoms with Gasteiger partial charge in [-0.2, -0.15) is 5.10 Å². The Labute approximate surface area is 99.9 Å². The van der Waals surface area contributed by atoms with Crippen LogP contribution in [-0.2, 0) is 4.79 Å². The number of amides is 1. The second-order valence-corrected chi connectivity index (χ2v) is 3.51. The van der Waals surface area contributed by atoms with Gasteiger partial charge < -0.3 is 0 Å². The van der Waals surface area contributed by atoms with E-state index in [4.69, 9.17) is 0 Å². The number of amidine groups is 1. The molecule has 0 atom stereocenters. The highest BCUT2D eigenvalue weighted by atomic mass is 16.2. The van der Waals surface area contributed by atoms with E-state index in [1.807, 2.05) is 42.5 Å². The predicted molar refractivity (Wildman–Crippen MR) is 68.5 cm³/mol. The lowest BCUT2D eigenvalue weighted by Gasteiger charge is -2.20. The molecule has 1 heterocycles. The van der Waals surface area contributed by atoms with Gasteiger partial charge in [0.2, 0.25) is 5.91 Å². The van der Waals surface area contributed by atoms with Crippen molar-refractivity contribution in [1.82, 2.24) is 5.43 Å². The second kappa shape index (κ2) is 5.12. The van der Waals surface area contributed by atoms with Crippen LogP contribution in [0.5, 0.6) is 0 Å². The summed E-state index contributed by atoms with van der Waals surface area (Å²) in [7, 11) is 0. The van der Waals surface area contributed by atoms with Crippen molar-refractivity contribution < 1.29 is 4.79 Å². The lowest BCUT2D eigenvalue weighted by Crippen LogP contribution is -2.34. The van der Waals surface area contributed by atoms with Crippen LogP contribution < -0.4 is 10.3 Å².